The van der Waals surface area contributed by atoms with Crippen molar-refractivity contribution >= 4 is 45.8 Å². The molecule has 3 aromatic carbocycles. The van der Waals surface area contributed by atoms with Crippen molar-refractivity contribution in [2.45, 2.75) is 23.9 Å². The zero-order valence-electron chi connectivity index (χ0n) is 20.2. The van der Waals surface area contributed by atoms with Gasteiger partial charge in [0.05, 0.1) is 18.9 Å². The van der Waals surface area contributed by atoms with Crippen molar-refractivity contribution in [1.29, 1.82) is 0 Å². The maximum absolute atomic E-state index is 13.7. The van der Waals surface area contributed by atoms with Gasteiger partial charge >= 0.3 is 0 Å². The summed E-state index contributed by atoms with van der Waals surface area (Å²) in [5.74, 6) is -1.20. The summed E-state index contributed by atoms with van der Waals surface area (Å²) < 4.78 is 5.47. The van der Waals surface area contributed by atoms with E-state index in [0.29, 0.717) is 24.8 Å². The summed E-state index contributed by atoms with van der Waals surface area (Å²) in [5.41, 5.74) is 6.61. The van der Waals surface area contributed by atoms with E-state index in [1.165, 1.54) is 0 Å². The van der Waals surface area contributed by atoms with E-state index in [9.17, 15) is 9.59 Å². The molecule has 2 heterocycles. The Morgan fingerprint density at radius 1 is 1.03 bits per heavy atom. The van der Waals surface area contributed by atoms with Gasteiger partial charge in [-0.15, -0.1) is 0 Å². The molecular formula is C28H27ClN4O3S. The van der Waals surface area contributed by atoms with Crippen molar-refractivity contribution in [2.75, 3.05) is 31.7 Å². The topological polar surface area (TPSA) is 83.0 Å². The zero-order chi connectivity index (χ0) is 25.6. The monoisotopic (exact) mass is 534 g/mol. The first-order valence-electron chi connectivity index (χ1n) is 12.1. The third kappa shape index (κ3) is 6.40. The van der Waals surface area contributed by atoms with Crippen LogP contribution in [0.3, 0.4) is 0 Å². The lowest BCUT2D eigenvalue weighted by Crippen LogP contribution is -2.39. The highest BCUT2D eigenvalue weighted by Gasteiger charge is 2.36. The number of rotatable bonds is 7. The maximum Gasteiger partial charge on any atom is 0.268 e. The molecule has 9 heteroatoms. The quantitative estimate of drug-likeness (QED) is 0.429. The van der Waals surface area contributed by atoms with Crippen LogP contribution in [0.25, 0.3) is 0 Å². The van der Waals surface area contributed by atoms with Crippen molar-refractivity contribution in [2.24, 2.45) is 5.10 Å². The van der Waals surface area contributed by atoms with E-state index in [1.54, 1.807) is 12.1 Å². The Labute approximate surface area is 225 Å². The number of benzene rings is 3. The molecule has 0 bridgehead atoms. The van der Waals surface area contributed by atoms with Crippen molar-refractivity contribution in [3.63, 3.8) is 0 Å². The summed E-state index contributed by atoms with van der Waals surface area (Å²) in [6, 6.07) is 22.7. The van der Waals surface area contributed by atoms with Gasteiger partial charge < -0.3 is 10.1 Å². The van der Waals surface area contributed by atoms with Crippen molar-refractivity contribution in [3.05, 3.63) is 94.5 Å². The van der Waals surface area contributed by atoms with Crippen LogP contribution in [0.2, 0.25) is 5.02 Å². The van der Waals surface area contributed by atoms with Gasteiger partial charge in [0.15, 0.2) is 0 Å². The molecule has 1 fully saturated rings. The summed E-state index contributed by atoms with van der Waals surface area (Å²) >= 11 is 7.10. The lowest BCUT2D eigenvalue weighted by Gasteiger charge is -2.28. The van der Waals surface area contributed by atoms with Gasteiger partial charge in [-0.05, 0) is 47.0 Å². The Morgan fingerprint density at radius 3 is 2.51 bits per heavy atom. The largest absolute Gasteiger partial charge is 0.379 e. The fourth-order valence-electron chi connectivity index (χ4n) is 4.36. The Balaban J connectivity index is 1.40. The van der Waals surface area contributed by atoms with Gasteiger partial charge in [0, 0.05) is 36.1 Å². The van der Waals surface area contributed by atoms with Gasteiger partial charge in [-0.3, -0.25) is 19.9 Å². The molecule has 1 saturated heterocycles. The molecule has 7 nitrogen and oxygen atoms in total. The van der Waals surface area contributed by atoms with Crippen LogP contribution < -0.4 is 10.7 Å². The van der Waals surface area contributed by atoms with E-state index in [1.807, 2.05) is 60.7 Å². The molecule has 1 atom stereocenters. The number of morpholine rings is 1. The van der Waals surface area contributed by atoms with Crippen molar-refractivity contribution in [3.8, 4) is 0 Å². The number of hydrazone groups is 1. The van der Waals surface area contributed by atoms with E-state index in [4.69, 9.17) is 16.3 Å². The van der Waals surface area contributed by atoms with Crippen molar-refractivity contribution in [1.82, 2.24) is 10.2 Å². The number of carbonyl (C=O) groups excluding carboxylic acids is 2. The number of amides is 1. The van der Waals surface area contributed by atoms with E-state index in [0.717, 1.165) is 58.7 Å². The van der Waals surface area contributed by atoms with Crippen LogP contribution in [-0.4, -0.2) is 47.9 Å². The van der Waals surface area contributed by atoms with Gasteiger partial charge in [-0.1, -0.05) is 65.8 Å². The van der Waals surface area contributed by atoms with Crippen LogP contribution >= 0.6 is 23.4 Å². The standard InChI is InChI=1S/C28H27ClN4O3S/c29-21-9-6-19(7-10-21)17-30-27(34)26-25(28(35)37-22-4-2-1-3-5-22)23-16-20(8-11-24(23)31-32-26)18-33-12-14-36-15-13-33/h1-11,16,25,31H,12-15,17-18H2,(H,30,34). The predicted octanol–water partition coefficient (Wildman–Crippen LogP) is 4.67. The van der Waals surface area contributed by atoms with Crippen LogP contribution in [-0.2, 0) is 27.4 Å². The summed E-state index contributed by atoms with van der Waals surface area (Å²) in [7, 11) is 0. The summed E-state index contributed by atoms with van der Waals surface area (Å²) in [6.07, 6.45) is 0. The number of nitrogens with zero attached hydrogens (tertiary/aromatic N) is 2. The Hall–Kier alpha value is -3.17. The first kappa shape index (κ1) is 25.5. The molecule has 190 valence electrons. The fraction of sp³-hybridized carbons (Fsp3) is 0.250. The third-order valence-electron chi connectivity index (χ3n) is 6.30. The lowest BCUT2D eigenvalue weighted by molar-refractivity contribution is -0.116. The molecule has 0 saturated carbocycles. The molecule has 5 rings (SSSR count). The minimum absolute atomic E-state index is 0.151. The molecule has 1 amide bonds. The smallest absolute Gasteiger partial charge is 0.268 e. The van der Waals surface area contributed by atoms with E-state index in [2.05, 4.69) is 20.7 Å². The average molecular weight is 535 g/mol. The maximum atomic E-state index is 13.7. The van der Waals surface area contributed by atoms with E-state index in [-0.39, 0.29) is 10.8 Å². The lowest BCUT2D eigenvalue weighted by atomic mass is 9.90. The first-order chi connectivity index (χ1) is 18.1. The second-order valence-electron chi connectivity index (χ2n) is 8.90. The molecule has 37 heavy (non-hydrogen) atoms. The van der Waals surface area contributed by atoms with Gasteiger partial charge in [-0.2, -0.15) is 5.10 Å². The molecular weight excluding hydrogens is 508 g/mol. The zero-order valence-corrected chi connectivity index (χ0v) is 21.7. The SMILES string of the molecule is O=C(NCc1ccc(Cl)cc1)C1=NNc2ccc(CN3CCOCC3)cc2C1C(=O)Sc1ccccc1. The number of carbonyl (C=O) groups is 2. The molecule has 2 aliphatic heterocycles. The number of thioether (sulfide) groups is 1. The van der Waals surface area contributed by atoms with Gasteiger partial charge in [0.1, 0.15) is 11.6 Å². The highest BCUT2D eigenvalue weighted by atomic mass is 35.5. The van der Waals surface area contributed by atoms with Crippen LogP contribution in [0, 0.1) is 0 Å². The molecule has 1 unspecified atom stereocenters. The molecule has 2 aliphatic rings. The molecule has 2 N–H and O–H groups in total. The normalized spacial score (nSPS) is 17.3. The minimum atomic E-state index is -0.809. The predicted molar refractivity (Wildman–Crippen MR) is 147 cm³/mol. The molecule has 0 aliphatic carbocycles. The number of anilines is 1. The molecule has 0 aromatic heterocycles. The summed E-state index contributed by atoms with van der Waals surface area (Å²) in [6.45, 7) is 4.20. The minimum Gasteiger partial charge on any atom is -0.379 e. The average Bonchev–Trinajstić information content (AvgIpc) is 2.93. The van der Waals surface area contributed by atoms with Crippen LogP contribution in [0.1, 0.15) is 22.6 Å². The van der Waals surface area contributed by atoms with Crippen LogP contribution in [0.15, 0.2) is 82.8 Å². The summed E-state index contributed by atoms with van der Waals surface area (Å²) in [5, 5.41) is 7.74. The molecule has 3 aromatic rings. The summed E-state index contributed by atoms with van der Waals surface area (Å²) in [4.78, 5) is 30.2. The van der Waals surface area contributed by atoms with E-state index >= 15 is 0 Å². The number of ether oxygens (including phenoxy) is 1. The Kier molecular flexibility index (Phi) is 8.21. The number of hydrogen-bond acceptors (Lipinski definition) is 7. The van der Waals surface area contributed by atoms with Crippen LogP contribution in [0.4, 0.5) is 5.69 Å². The number of nitrogens with one attached hydrogen (secondary N) is 2. The fourth-order valence-corrected chi connectivity index (χ4v) is 5.37. The van der Waals surface area contributed by atoms with Gasteiger partial charge in [0.25, 0.3) is 5.91 Å². The molecule has 0 radical (unpaired) electrons. The number of fused-ring (bicyclic) bond motifs is 1. The van der Waals surface area contributed by atoms with Gasteiger partial charge in [-0.25, -0.2) is 0 Å². The third-order valence-corrected chi connectivity index (χ3v) is 7.50. The first-order valence-corrected chi connectivity index (χ1v) is 13.3. The number of halogens is 1. The highest BCUT2D eigenvalue weighted by Crippen LogP contribution is 2.36. The number of hydrogen-bond donors (Lipinski definition) is 2. The van der Waals surface area contributed by atoms with Gasteiger partial charge in [0.2, 0.25) is 5.12 Å². The van der Waals surface area contributed by atoms with Crippen LogP contribution in [0.5, 0.6) is 0 Å². The van der Waals surface area contributed by atoms with E-state index < -0.39 is 11.8 Å². The van der Waals surface area contributed by atoms with Crippen molar-refractivity contribution < 1.29 is 14.3 Å². The Morgan fingerprint density at radius 2 is 1.76 bits per heavy atom. The highest BCUT2D eigenvalue weighted by molar-refractivity contribution is 8.13. The second-order valence-corrected chi connectivity index (χ2v) is 10.4. The second kappa shape index (κ2) is 11.9. The Bertz CT molecular complexity index is 1290. The molecule has 0 spiro atoms.